The molecule has 0 bridgehead atoms. The number of anilines is 1. The maximum Gasteiger partial charge on any atom is 0.264 e. The molecule has 0 heterocycles. The van der Waals surface area contributed by atoms with E-state index in [-0.39, 0.29) is 29.5 Å². The van der Waals surface area contributed by atoms with Gasteiger partial charge in [0.2, 0.25) is 11.8 Å². The Balaban J connectivity index is 1.80. The minimum absolute atomic E-state index is 0.00765. The van der Waals surface area contributed by atoms with Gasteiger partial charge >= 0.3 is 0 Å². The molecule has 0 aromatic heterocycles. The van der Waals surface area contributed by atoms with Gasteiger partial charge < -0.3 is 10.2 Å². The summed E-state index contributed by atoms with van der Waals surface area (Å²) in [6, 6.07) is 27.8. The van der Waals surface area contributed by atoms with Crippen molar-refractivity contribution in [3.63, 3.8) is 0 Å². The predicted molar refractivity (Wildman–Crippen MR) is 171 cm³/mol. The third-order valence-electron chi connectivity index (χ3n) is 6.76. The molecule has 0 aliphatic heterocycles. The highest BCUT2D eigenvalue weighted by molar-refractivity contribution is 7.92. The number of nitrogens with zero attached hydrogens (tertiary/aromatic N) is 2. The number of sulfonamides is 1. The molecular weight excluding hydrogens is 601 g/mol. The Bertz CT molecular complexity index is 1660. The highest BCUT2D eigenvalue weighted by atomic mass is 35.5. The second-order valence-electron chi connectivity index (χ2n) is 11.4. The Morgan fingerprint density at radius 3 is 1.95 bits per heavy atom. The number of amides is 2. The minimum Gasteiger partial charge on any atom is -0.350 e. The Kier molecular flexibility index (Phi) is 10.4. The maximum atomic E-state index is 14.4. The smallest absolute Gasteiger partial charge is 0.264 e. The van der Waals surface area contributed by atoms with Gasteiger partial charge in [0.1, 0.15) is 18.4 Å². The summed E-state index contributed by atoms with van der Waals surface area (Å²) >= 11 is 6.12. The zero-order valence-corrected chi connectivity index (χ0v) is 26.4. The topological polar surface area (TPSA) is 86.8 Å². The van der Waals surface area contributed by atoms with Crippen LogP contribution in [0, 0.1) is 5.82 Å². The normalized spacial score (nSPS) is 12.3. The summed E-state index contributed by atoms with van der Waals surface area (Å²) < 4.78 is 42.7. The number of nitrogens with one attached hydrogen (secondary N) is 1. The number of hydrogen-bond donors (Lipinski definition) is 1. The molecule has 2 amide bonds. The van der Waals surface area contributed by atoms with E-state index >= 15 is 0 Å². The fraction of sp³-hybridized carbons (Fsp3) is 0.235. The van der Waals surface area contributed by atoms with E-state index in [0.29, 0.717) is 10.6 Å². The third kappa shape index (κ3) is 8.67. The molecule has 7 nitrogen and oxygen atoms in total. The van der Waals surface area contributed by atoms with E-state index in [0.717, 1.165) is 22.0 Å². The van der Waals surface area contributed by atoms with Crippen LogP contribution in [0.5, 0.6) is 0 Å². The summed E-state index contributed by atoms with van der Waals surface area (Å²) in [5, 5.41) is 3.50. The summed E-state index contributed by atoms with van der Waals surface area (Å²) in [5.41, 5.74) is 1.03. The molecule has 0 radical (unpaired) electrons. The Morgan fingerprint density at radius 1 is 0.818 bits per heavy atom. The summed E-state index contributed by atoms with van der Waals surface area (Å²) in [7, 11) is -4.26. The molecule has 0 saturated heterocycles. The van der Waals surface area contributed by atoms with Crippen LogP contribution in [0.2, 0.25) is 5.02 Å². The van der Waals surface area contributed by atoms with Crippen LogP contribution in [0.15, 0.2) is 114 Å². The van der Waals surface area contributed by atoms with Gasteiger partial charge in [0.25, 0.3) is 10.0 Å². The number of rotatable bonds is 11. The fourth-order valence-corrected chi connectivity index (χ4v) is 6.21. The van der Waals surface area contributed by atoms with E-state index in [9.17, 15) is 22.4 Å². The average Bonchev–Trinajstić information content (AvgIpc) is 2.99. The average molecular weight is 636 g/mol. The Hall–Kier alpha value is -4.21. The second-order valence-corrected chi connectivity index (χ2v) is 13.7. The van der Waals surface area contributed by atoms with Gasteiger partial charge in [0.05, 0.1) is 10.6 Å². The molecule has 4 aromatic rings. The summed E-state index contributed by atoms with van der Waals surface area (Å²) in [5.74, 6) is -1.56. The number of carbonyl (C=O) groups excluding carboxylic acids is 2. The van der Waals surface area contributed by atoms with Crippen molar-refractivity contribution in [3.05, 3.63) is 131 Å². The van der Waals surface area contributed by atoms with Gasteiger partial charge in [-0.3, -0.25) is 13.9 Å². The molecule has 0 aliphatic rings. The van der Waals surface area contributed by atoms with Gasteiger partial charge in [-0.1, -0.05) is 72.3 Å². The number of halogens is 2. The third-order valence-corrected chi connectivity index (χ3v) is 8.80. The zero-order valence-electron chi connectivity index (χ0n) is 24.8. The minimum atomic E-state index is -4.26. The van der Waals surface area contributed by atoms with Crippen LogP contribution >= 0.6 is 11.6 Å². The van der Waals surface area contributed by atoms with Crippen molar-refractivity contribution in [1.82, 2.24) is 10.2 Å². The van der Waals surface area contributed by atoms with Gasteiger partial charge in [-0.2, -0.15) is 0 Å². The SMILES string of the molecule is CC(C)(C)NC(=O)[C@H](Cc1ccccc1)N(Cc1ccc(Cl)cc1)C(=O)CN(c1ccc(F)cc1)S(=O)(=O)c1ccccc1. The molecule has 4 rings (SSSR count). The molecule has 44 heavy (non-hydrogen) atoms. The van der Waals surface area contributed by atoms with Crippen molar-refractivity contribution < 1.29 is 22.4 Å². The summed E-state index contributed by atoms with van der Waals surface area (Å²) in [4.78, 5) is 29.6. The highest BCUT2D eigenvalue weighted by Crippen LogP contribution is 2.25. The molecule has 4 aromatic carbocycles. The van der Waals surface area contributed by atoms with Gasteiger partial charge in [0, 0.05) is 23.5 Å². The van der Waals surface area contributed by atoms with E-state index < -0.39 is 39.9 Å². The van der Waals surface area contributed by atoms with Crippen LogP contribution in [-0.2, 0) is 32.6 Å². The molecule has 0 fully saturated rings. The molecule has 10 heteroatoms. The van der Waals surface area contributed by atoms with E-state index in [2.05, 4.69) is 5.32 Å². The first kappa shape index (κ1) is 32.7. The molecule has 1 N–H and O–H groups in total. The summed E-state index contributed by atoms with van der Waals surface area (Å²) in [6.45, 7) is 4.91. The lowest BCUT2D eigenvalue weighted by molar-refractivity contribution is -0.140. The standard InChI is InChI=1S/C34H35ClFN3O4S/c1-34(2,3)37-33(41)31(22-25-10-6-4-7-11-25)38(23-26-14-16-27(35)17-15-26)32(40)24-39(29-20-18-28(36)19-21-29)44(42,43)30-12-8-5-9-13-30/h4-21,31H,22-24H2,1-3H3,(H,37,41)/t31-/m0/s1. The van der Waals surface area contributed by atoms with Crippen LogP contribution < -0.4 is 9.62 Å². The van der Waals surface area contributed by atoms with Gasteiger partial charge in [-0.05, 0) is 80.4 Å². The number of carbonyl (C=O) groups is 2. The van der Waals surface area contributed by atoms with Crippen molar-refractivity contribution in [2.75, 3.05) is 10.8 Å². The number of hydrogen-bond acceptors (Lipinski definition) is 4. The monoisotopic (exact) mass is 635 g/mol. The van der Waals surface area contributed by atoms with Crippen molar-refractivity contribution in [2.24, 2.45) is 0 Å². The van der Waals surface area contributed by atoms with Crippen LogP contribution in [0.1, 0.15) is 31.9 Å². The highest BCUT2D eigenvalue weighted by Gasteiger charge is 2.35. The van der Waals surface area contributed by atoms with Crippen molar-refractivity contribution in [1.29, 1.82) is 0 Å². The Morgan fingerprint density at radius 2 is 1.39 bits per heavy atom. The molecule has 1 atom stereocenters. The molecule has 0 unspecified atom stereocenters. The van der Waals surface area contributed by atoms with E-state index in [1.54, 1.807) is 42.5 Å². The van der Waals surface area contributed by atoms with Crippen molar-refractivity contribution >= 4 is 39.1 Å². The number of benzene rings is 4. The van der Waals surface area contributed by atoms with Gasteiger partial charge in [0.15, 0.2) is 0 Å². The van der Waals surface area contributed by atoms with E-state index in [1.807, 2.05) is 51.1 Å². The quantitative estimate of drug-likeness (QED) is 0.212. The zero-order chi connectivity index (χ0) is 31.9. The molecule has 0 aliphatic carbocycles. The lowest BCUT2D eigenvalue weighted by atomic mass is 10.0. The van der Waals surface area contributed by atoms with Crippen molar-refractivity contribution in [3.8, 4) is 0 Å². The first-order valence-electron chi connectivity index (χ1n) is 14.1. The second kappa shape index (κ2) is 14.1. The van der Waals surface area contributed by atoms with Crippen LogP contribution in [0.3, 0.4) is 0 Å². The Labute approximate surface area is 263 Å². The van der Waals surface area contributed by atoms with Crippen molar-refractivity contribution in [2.45, 2.75) is 50.2 Å². The van der Waals surface area contributed by atoms with E-state index in [1.165, 1.54) is 29.2 Å². The summed E-state index contributed by atoms with van der Waals surface area (Å²) in [6.07, 6.45) is 0.185. The first-order chi connectivity index (χ1) is 20.8. The first-order valence-corrected chi connectivity index (χ1v) is 15.9. The lowest BCUT2D eigenvalue weighted by Crippen LogP contribution is -2.56. The fourth-order valence-electron chi connectivity index (χ4n) is 4.65. The maximum absolute atomic E-state index is 14.4. The lowest BCUT2D eigenvalue weighted by Gasteiger charge is -2.35. The molecule has 0 saturated carbocycles. The molecule has 0 spiro atoms. The van der Waals surface area contributed by atoms with Crippen LogP contribution in [-0.4, -0.2) is 43.3 Å². The van der Waals surface area contributed by atoms with Crippen LogP contribution in [0.4, 0.5) is 10.1 Å². The van der Waals surface area contributed by atoms with Crippen LogP contribution in [0.25, 0.3) is 0 Å². The van der Waals surface area contributed by atoms with E-state index in [4.69, 9.17) is 11.6 Å². The van der Waals surface area contributed by atoms with Gasteiger partial charge in [-0.15, -0.1) is 0 Å². The molecule has 230 valence electrons. The predicted octanol–water partition coefficient (Wildman–Crippen LogP) is 6.23. The van der Waals surface area contributed by atoms with Gasteiger partial charge in [-0.25, -0.2) is 12.8 Å². The molecular formula is C34H35ClFN3O4S. The largest absolute Gasteiger partial charge is 0.350 e.